The second-order valence-electron chi connectivity index (χ2n) is 4.91. The summed E-state index contributed by atoms with van der Waals surface area (Å²) < 4.78 is 0. The third-order valence-corrected chi connectivity index (χ3v) is 8.27. The van der Waals surface area contributed by atoms with Crippen molar-refractivity contribution in [3.8, 4) is 0 Å². The molecule has 0 spiro atoms. The number of hydrogen-bond donors (Lipinski definition) is 1. The normalized spacial score (nSPS) is 30.3. The van der Waals surface area contributed by atoms with Crippen molar-refractivity contribution in [1.29, 1.82) is 0 Å². The van der Waals surface area contributed by atoms with Gasteiger partial charge in [0.05, 0.1) is 6.10 Å². The van der Waals surface area contributed by atoms with Gasteiger partial charge >= 0.3 is 0 Å². The molecular weight excluding hydrogens is 280 g/mol. The van der Waals surface area contributed by atoms with E-state index < -0.39 is 0 Å². The first-order valence-corrected chi connectivity index (χ1v) is 9.43. The van der Waals surface area contributed by atoms with E-state index in [2.05, 4.69) is 32.9 Å². The average Bonchev–Trinajstić information content (AvgIpc) is 2.80. The van der Waals surface area contributed by atoms with Crippen LogP contribution < -0.4 is 0 Å². The highest BCUT2D eigenvalue weighted by atomic mass is 32.2. The number of thioether (sulfide) groups is 2. The van der Waals surface area contributed by atoms with Gasteiger partial charge in [-0.2, -0.15) is 23.5 Å². The quantitative estimate of drug-likeness (QED) is 0.912. The smallest absolute Gasteiger partial charge is 0.0715 e. The first kappa shape index (κ1) is 14.8. The molecule has 0 amide bonds. The van der Waals surface area contributed by atoms with Crippen LogP contribution in [0, 0.1) is 0 Å². The summed E-state index contributed by atoms with van der Waals surface area (Å²) in [7, 11) is 0. The molecule has 4 heteroatoms. The van der Waals surface area contributed by atoms with Crippen LogP contribution in [0.25, 0.3) is 0 Å². The summed E-state index contributed by atoms with van der Waals surface area (Å²) in [5, 5.41) is 12.1. The maximum atomic E-state index is 10.4. The zero-order chi connectivity index (χ0) is 13.1. The monoisotopic (exact) mass is 302 g/mol. The van der Waals surface area contributed by atoms with E-state index in [0.29, 0.717) is 15.7 Å². The van der Waals surface area contributed by atoms with Crippen molar-refractivity contribution < 1.29 is 5.11 Å². The molecular formula is C14H22OS3. The summed E-state index contributed by atoms with van der Waals surface area (Å²) in [6.07, 6.45) is 1.73. The fourth-order valence-electron chi connectivity index (χ4n) is 2.07. The fourth-order valence-corrected chi connectivity index (χ4v) is 6.09. The largest absolute Gasteiger partial charge is 0.392 e. The molecule has 1 aromatic heterocycles. The average molecular weight is 303 g/mol. The van der Waals surface area contributed by atoms with Gasteiger partial charge in [0, 0.05) is 37.7 Å². The first-order chi connectivity index (χ1) is 8.60. The minimum absolute atomic E-state index is 0.194. The summed E-state index contributed by atoms with van der Waals surface area (Å²) in [6.45, 7) is 6.75. The Balaban J connectivity index is 1.89. The Morgan fingerprint density at radius 1 is 1.28 bits per heavy atom. The first-order valence-electron chi connectivity index (χ1n) is 6.62. The summed E-state index contributed by atoms with van der Waals surface area (Å²) in [5.41, 5.74) is 0. The number of aryl methyl sites for hydroxylation is 1. The van der Waals surface area contributed by atoms with Gasteiger partial charge in [0.2, 0.25) is 0 Å². The van der Waals surface area contributed by atoms with E-state index in [1.807, 2.05) is 34.9 Å². The van der Waals surface area contributed by atoms with Crippen molar-refractivity contribution in [2.45, 2.75) is 55.5 Å². The lowest BCUT2D eigenvalue weighted by Gasteiger charge is -2.33. The lowest BCUT2D eigenvalue weighted by molar-refractivity contribution is 0.178. The Kier molecular flexibility index (Phi) is 5.48. The van der Waals surface area contributed by atoms with Crippen LogP contribution in [0.1, 0.15) is 30.5 Å². The van der Waals surface area contributed by atoms with Crippen LogP contribution in [0.5, 0.6) is 0 Å². The molecule has 4 unspecified atom stereocenters. The predicted octanol–water partition coefficient (Wildman–Crippen LogP) is 3.84. The molecule has 18 heavy (non-hydrogen) atoms. The highest BCUT2D eigenvalue weighted by molar-refractivity contribution is 8.07. The van der Waals surface area contributed by atoms with E-state index in [0.717, 1.165) is 18.6 Å². The van der Waals surface area contributed by atoms with Crippen molar-refractivity contribution in [3.05, 3.63) is 21.9 Å². The molecule has 1 N–H and O–H groups in total. The fraction of sp³-hybridized carbons (Fsp3) is 0.714. The summed E-state index contributed by atoms with van der Waals surface area (Å²) in [4.78, 5) is 2.75. The van der Waals surface area contributed by atoms with E-state index in [4.69, 9.17) is 0 Å². The van der Waals surface area contributed by atoms with E-state index >= 15 is 0 Å². The zero-order valence-corrected chi connectivity index (χ0v) is 13.7. The molecule has 0 saturated carbocycles. The van der Waals surface area contributed by atoms with Crippen LogP contribution in [-0.2, 0) is 12.8 Å². The molecule has 1 saturated heterocycles. The van der Waals surface area contributed by atoms with E-state index in [9.17, 15) is 5.11 Å². The van der Waals surface area contributed by atoms with Crippen LogP contribution in [0.3, 0.4) is 0 Å². The van der Waals surface area contributed by atoms with Gasteiger partial charge in [0.25, 0.3) is 0 Å². The van der Waals surface area contributed by atoms with Gasteiger partial charge in [-0.25, -0.2) is 0 Å². The van der Waals surface area contributed by atoms with Gasteiger partial charge in [0.1, 0.15) is 0 Å². The van der Waals surface area contributed by atoms with Gasteiger partial charge in [-0.1, -0.05) is 20.8 Å². The Bertz CT molecular complexity index is 377. The van der Waals surface area contributed by atoms with E-state index in [1.165, 1.54) is 9.75 Å². The molecule has 2 heterocycles. The standard InChI is InChI=1S/C14H22OS3/c1-4-11-5-6-12(18-11)7-13(15)14-8-16-9(2)10(3)17-14/h5-6,9-10,13-15H,4,7-8H2,1-3H3. The highest BCUT2D eigenvalue weighted by Crippen LogP contribution is 2.37. The molecule has 2 rings (SSSR count). The van der Waals surface area contributed by atoms with Crippen LogP contribution in [0.15, 0.2) is 12.1 Å². The molecule has 102 valence electrons. The molecule has 1 nitrogen and oxygen atoms in total. The summed E-state index contributed by atoms with van der Waals surface area (Å²) in [6, 6.07) is 4.37. The number of thiophene rings is 1. The minimum Gasteiger partial charge on any atom is -0.392 e. The van der Waals surface area contributed by atoms with Gasteiger partial charge < -0.3 is 5.11 Å². The second kappa shape index (κ2) is 6.69. The van der Waals surface area contributed by atoms with Crippen molar-refractivity contribution in [1.82, 2.24) is 0 Å². The molecule has 0 radical (unpaired) electrons. The maximum absolute atomic E-state index is 10.4. The number of rotatable bonds is 4. The molecule has 0 aromatic carbocycles. The molecule has 0 aliphatic carbocycles. The molecule has 1 aliphatic rings. The minimum atomic E-state index is -0.194. The summed E-state index contributed by atoms with van der Waals surface area (Å²) in [5.74, 6) is 1.09. The third-order valence-electron chi connectivity index (χ3n) is 3.48. The predicted molar refractivity (Wildman–Crippen MR) is 86.2 cm³/mol. The molecule has 0 bridgehead atoms. The van der Waals surface area contributed by atoms with Gasteiger partial charge in [-0.05, 0) is 18.6 Å². The van der Waals surface area contributed by atoms with Crippen LogP contribution in [-0.4, -0.2) is 32.7 Å². The maximum Gasteiger partial charge on any atom is 0.0715 e. The van der Waals surface area contributed by atoms with Gasteiger partial charge in [-0.15, -0.1) is 11.3 Å². The lowest BCUT2D eigenvalue weighted by Crippen LogP contribution is -2.35. The topological polar surface area (TPSA) is 20.2 Å². The number of aliphatic hydroxyl groups excluding tert-OH is 1. The van der Waals surface area contributed by atoms with Crippen molar-refractivity contribution in [2.24, 2.45) is 0 Å². The SMILES string of the molecule is CCc1ccc(CC(O)C2CSC(C)C(C)S2)s1. The highest BCUT2D eigenvalue weighted by Gasteiger charge is 2.30. The Morgan fingerprint density at radius 2 is 2.00 bits per heavy atom. The Hall–Kier alpha value is 0.360. The van der Waals surface area contributed by atoms with E-state index in [-0.39, 0.29) is 6.10 Å². The third kappa shape index (κ3) is 3.69. The second-order valence-corrected chi connectivity index (χ2v) is 9.20. The number of hydrogen-bond acceptors (Lipinski definition) is 4. The van der Waals surface area contributed by atoms with Gasteiger partial charge in [0.15, 0.2) is 0 Å². The van der Waals surface area contributed by atoms with Crippen LogP contribution in [0.2, 0.25) is 0 Å². The molecule has 4 atom stereocenters. The Labute approximate surface area is 123 Å². The summed E-state index contributed by atoms with van der Waals surface area (Å²) >= 11 is 5.82. The van der Waals surface area contributed by atoms with E-state index in [1.54, 1.807) is 0 Å². The lowest BCUT2D eigenvalue weighted by atomic mass is 10.2. The van der Waals surface area contributed by atoms with Crippen molar-refractivity contribution in [3.63, 3.8) is 0 Å². The molecule has 1 aliphatic heterocycles. The number of aliphatic hydroxyl groups is 1. The molecule has 1 fully saturated rings. The van der Waals surface area contributed by atoms with Gasteiger partial charge in [-0.3, -0.25) is 0 Å². The van der Waals surface area contributed by atoms with Crippen molar-refractivity contribution >= 4 is 34.9 Å². The van der Waals surface area contributed by atoms with Crippen molar-refractivity contribution in [2.75, 3.05) is 5.75 Å². The Morgan fingerprint density at radius 3 is 2.61 bits per heavy atom. The van der Waals surface area contributed by atoms with Crippen LogP contribution >= 0.6 is 34.9 Å². The van der Waals surface area contributed by atoms with Crippen LogP contribution in [0.4, 0.5) is 0 Å². The molecule has 1 aromatic rings. The zero-order valence-electron chi connectivity index (χ0n) is 11.3.